The molecule has 0 aliphatic heterocycles. The van der Waals surface area contributed by atoms with E-state index in [4.69, 9.17) is 4.74 Å². The number of rotatable bonds is 6. The Hall–Kier alpha value is -1.88. The molecule has 0 bridgehead atoms. The third kappa shape index (κ3) is 4.04. The lowest BCUT2D eigenvalue weighted by atomic mass is 9.79. The lowest BCUT2D eigenvalue weighted by molar-refractivity contribution is -0.142. The smallest absolute Gasteiger partial charge is 0.326 e. The molecule has 114 valence electrons. The van der Waals surface area contributed by atoms with Crippen LogP contribution in [-0.2, 0) is 20.7 Å². The number of benzene rings is 1. The Labute approximate surface area is 124 Å². The summed E-state index contributed by atoms with van der Waals surface area (Å²) in [5.74, 6) is -1.21. The van der Waals surface area contributed by atoms with Crippen molar-refractivity contribution >= 4 is 11.9 Å². The number of carbonyl (C=O) groups is 2. The molecule has 21 heavy (non-hydrogen) atoms. The molecule has 0 aromatic heterocycles. The molecular weight excluding hydrogens is 270 g/mol. The third-order valence-electron chi connectivity index (χ3n) is 3.92. The van der Waals surface area contributed by atoms with Gasteiger partial charge in [0.1, 0.15) is 12.6 Å². The van der Waals surface area contributed by atoms with Gasteiger partial charge in [0.15, 0.2) is 0 Å². The normalized spacial score (nSPS) is 18.6. The first kappa shape index (κ1) is 15.5. The van der Waals surface area contributed by atoms with Gasteiger partial charge >= 0.3 is 5.97 Å². The van der Waals surface area contributed by atoms with E-state index in [9.17, 15) is 14.7 Å². The molecule has 5 heteroatoms. The summed E-state index contributed by atoms with van der Waals surface area (Å²) in [4.78, 5) is 22.9. The van der Waals surface area contributed by atoms with Gasteiger partial charge in [0.2, 0.25) is 5.91 Å². The van der Waals surface area contributed by atoms with Crippen molar-refractivity contribution in [2.24, 2.45) is 0 Å². The van der Waals surface area contributed by atoms with Gasteiger partial charge in [-0.3, -0.25) is 4.79 Å². The van der Waals surface area contributed by atoms with Gasteiger partial charge in [-0.25, -0.2) is 4.79 Å². The molecule has 1 aliphatic rings. The second-order valence-corrected chi connectivity index (χ2v) is 5.42. The van der Waals surface area contributed by atoms with E-state index in [0.29, 0.717) is 6.42 Å². The Kier molecular flexibility index (Phi) is 5.33. The average Bonchev–Trinajstić information content (AvgIpc) is 2.47. The molecule has 2 N–H and O–H groups in total. The second-order valence-electron chi connectivity index (χ2n) is 5.42. The molecule has 2 unspecified atom stereocenters. The van der Waals surface area contributed by atoms with E-state index in [1.165, 1.54) is 18.2 Å². The first-order valence-electron chi connectivity index (χ1n) is 7.20. The molecule has 0 fully saturated rings. The SMILES string of the molecule is COCC(=O)NC(CC1CCCc2ccccc21)C(=O)O. The van der Waals surface area contributed by atoms with Crippen molar-refractivity contribution < 1.29 is 19.4 Å². The number of fused-ring (bicyclic) bond motifs is 1. The molecule has 0 saturated carbocycles. The summed E-state index contributed by atoms with van der Waals surface area (Å²) in [5.41, 5.74) is 2.51. The van der Waals surface area contributed by atoms with Crippen molar-refractivity contribution in [2.75, 3.05) is 13.7 Å². The highest BCUT2D eigenvalue weighted by Gasteiger charge is 2.27. The molecule has 2 atom stereocenters. The molecule has 0 radical (unpaired) electrons. The summed E-state index contributed by atoms with van der Waals surface area (Å²) < 4.78 is 4.73. The molecule has 0 saturated heterocycles. The highest BCUT2D eigenvalue weighted by Crippen LogP contribution is 2.34. The lowest BCUT2D eigenvalue weighted by Crippen LogP contribution is -2.43. The fraction of sp³-hybridized carbons (Fsp3) is 0.500. The first-order chi connectivity index (χ1) is 10.1. The van der Waals surface area contributed by atoms with Crippen LogP contribution in [0.4, 0.5) is 0 Å². The number of ether oxygens (including phenoxy) is 1. The Balaban J connectivity index is 2.08. The highest BCUT2D eigenvalue weighted by molar-refractivity contribution is 5.84. The summed E-state index contributed by atoms with van der Waals surface area (Å²) in [6.45, 7) is -0.120. The van der Waals surface area contributed by atoms with E-state index in [1.807, 2.05) is 12.1 Å². The lowest BCUT2D eigenvalue weighted by Gasteiger charge is -2.28. The average molecular weight is 291 g/mol. The fourth-order valence-corrected chi connectivity index (χ4v) is 2.97. The number of carboxylic acid groups (broad SMARTS) is 1. The fourth-order valence-electron chi connectivity index (χ4n) is 2.97. The van der Waals surface area contributed by atoms with Crippen LogP contribution in [0.25, 0.3) is 0 Å². The summed E-state index contributed by atoms with van der Waals surface area (Å²) in [6, 6.07) is 7.28. The van der Waals surface area contributed by atoms with E-state index < -0.39 is 17.9 Å². The standard InChI is InChI=1S/C16H21NO4/c1-21-10-15(18)17-14(16(19)20)9-12-7-4-6-11-5-2-3-8-13(11)12/h2-3,5,8,12,14H,4,6-7,9-10H2,1H3,(H,17,18)(H,19,20). The van der Waals surface area contributed by atoms with Crippen molar-refractivity contribution in [2.45, 2.75) is 37.6 Å². The van der Waals surface area contributed by atoms with Gasteiger partial charge in [-0.2, -0.15) is 0 Å². The minimum atomic E-state index is -0.998. The van der Waals surface area contributed by atoms with E-state index in [0.717, 1.165) is 19.3 Å². The Morgan fingerprint density at radius 2 is 2.19 bits per heavy atom. The number of nitrogens with one attached hydrogen (secondary N) is 1. The number of aryl methyl sites for hydroxylation is 1. The Bertz CT molecular complexity index is 515. The van der Waals surface area contributed by atoms with Crippen LogP contribution in [0.2, 0.25) is 0 Å². The van der Waals surface area contributed by atoms with E-state index in [1.54, 1.807) is 0 Å². The van der Waals surface area contributed by atoms with E-state index in [-0.39, 0.29) is 12.5 Å². The van der Waals surface area contributed by atoms with Gasteiger partial charge in [0.25, 0.3) is 0 Å². The molecule has 0 heterocycles. The van der Waals surface area contributed by atoms with Crippen LogP contribution in [-0.4, -0.2) is 36.7 Å². The minimum absolute atomic E-state index is 0.120. The quantitative estimate of drug-likeness (QED) is 0.836. The molecule has 0 spiro atoms. The third-order valence-corrected chi connectivity index (χ3v) is 3.92. The van der Waals surface area contributed by atoms with Crippen LogP contribution in [0.5, 0.6) is 0 Å². The van der Waals surface area contributed by atoms with Gasteiger partial charge in [-0.05, 0) is 42.7 Å². The molecule has 1 aliphatic carbocycles. The summed E-state index contributed by atoms with van der Waals surface area (Å²) in [5, 5.41) is 11.8. The van der Waals surface area contributed by atoms with E-state index in [2.05, 4.69) is 17.4 Å². The second kappa shape index (κ2) is 7.22. The number of amides is 1. The number of carbonyl (C=O) groups excluding carboxylic acids is 1. The summed E-state index contributed by atoms with van der Waals surface area (Å²) in [6.07, 6.45) is 3.48. The maximum Gasteiger partial charge on any atom is 0.326 e. The van der Waals surface area contributed by atoms with Gasteiger partial charge < -0.3 is 15.2 Å². The van der Waals surface area contributed by atoms with Crippen LogP contribution in [0.15, 0.2) is 24.3 Å². The van der Waals surface area contributed by atoms with Gasteiger partial charge in [0.05, 0.1) is 0 Å². The monoisotopic (exact) mass is 291 g/mol. The van der Waals surface area contributed by atoms with Crippen molar-refractivity contribution in [1.29, 1.82) is 0 Å². The Morgan fingerprint density at radius 1 is 1.43 bits per heavy atom. The van der Waals surface area contributed by atoms with Crippen LogP contribution in [0.1, 0.15) is 36.3 Å². The van der Waals surface area contributed by atoms with Crippen molar-refractivity contribution in [3.8, 4) is 0 Å². The largest absolute Gasteiger partial charge is 0.480 e. The molecule has 5 nitrogen and oxygen atoms in total. The van der Waals surface area contributed by atoms with Crippen LogP contribution in [0.3, 0.4) is 0 Å². The van der Waals surface area contributed by atoms with Crippen molar-refractivity contribution in [3.63, 3.8) is 0 Å². The maximum atomic E-state index is 11.5. The van der Waals surface area contributed by atoms with Crippen LogP contribution >= 0.6 is 0 Å². The van der Waals surface area contributed by atoms with Crippen LogP contribution < -0.4 is 5.32 Å². The zero-order valence-electron chi connectivity index (χ0n) is 12.2. The predicted molar refractivity (Wildman–Crippen MR) is 78.2 cm³/mol. The number of methoxy groups -OCH3 is 1. The number of aliphatic carboxylic acids is 1. The van der Waals surface area contributed by atoms with E-state index >= 15 is 0 Å². The minimum Gasteiger partial charge on any atom is -0.480 e. The number of hydrogen-bond donors (Lipinski definition) is 2. The summed E-state index contributed by atoms with van der Waals surface area (Å²) >= 11 is 0. The highest BCUT2D eigenvalue weighted by atomic mass is 16.5. The predicted octanol–water partition coefficient (Wildman–Crippen LogP) is 1.71. The molecule has 2 rings (SSSR count). The Morgan fingerprint density at radius 3 is 2.90 bits per heavy atom. The maximum absolute atomic E-state index is 11.5. The van der Waals surface area contributed by atoms with Crippen molar-refractivity contribution in [3.05, 3.63) is 35.4 Å². The zero-order chi connectivity index (χ0) is 15.2. The van der Waals surface area contributed by atoms with Crippen molar-refractivity contribution in [1.82, 2.24) is 5.32 Å². The summed E-state index contributed by atoms with van der Waals surface area (Å²) in [7, 11) is 1.41. The molecule has 1 aromatic carbocycles. The van der Waals surface area contributed by atoms with Gasteiger partial charge in [-0.15, -0.1) is 0 Å². The number of hydrogen-bond acceptors (Lipinski definition) is 3. The van der Waals surface area contributed by atoms with Gasteiger partial charge in [0, 0.05) is 7.11 Å². The zero-order valence-corrected chi connectivity index (χ0v) is 12.2. The molecule has 1 aromatic rings. The topological polar surface area (TPSA) is 75.6 Å². The van der Waals surface area contributed by atoms with Crippen LogP contribution in [0, 0.1) is 0 Å². The first-order valence-corrected chi connectivity index (χ1v) is 7.20. The molecular formula is C16H21NO4. The molecule has 1 amide bonds. The van der Waals surface area contributed by atoms with Gasteiger partial charge in [-0.1, -0.05) is 24.3 Å². The number of carboxylic acids is 1.